The van der Waals surface area contributed by atoms with Crippen molar-refractivity contribution >= 4 is 11.6 Å². The lowest BCUT2D eigenvalue weighted by Gasteiger charge is -2.31. The summed E-state index contributed by atoms with van der Waals surface area (Å²) in [7, 11) is 0. The minimum absolute atomic E-state index is 0.0508. The molecule has 0 aliphatic heterocycles. The van der Waals surface area contributed by atoms with Crippen LogP contribution in [0.2, 0.25) is 0 Å². The first-order valence-corrected chi connectivity index (χ1v) is 6.22. The molecule has 0 aromatic heterocycles. The molecule has 1 atom stereocenters. The molecule has 2 nitrogen and oxygen atoms in total. The standard InChI is InChI=1S/C16H19NO/c1-12-9-10-16(2,3)14(11-12)15(18)17-13-7-5-4-6-8-13/h4-11,14H,1-3H3,(H,17,18). The van der Waals surface area contributed by atoms with Crippen LogP contribution in [0, 0.1) is 11.3 Å². The zero-order valence-corrected chi connectivity index (χ0v) is 11.1. The van der Waals surface area contributed by atoms with E-state index in [0.717, 1.165) is 11.3 Å². The van der Waals surface area contributed by atoms with E-state index in [1.807, 2.05) is 43.3 Å². The van der Waals surface area contributed by atoms with Crippen LogP contribution >= 0.6 is 0 Å². The Balaban J connectivity index is 2.16. The van der Waals surface area contributed by atoms with E-state index >= 15 is 0 Å². The first kappa shape index (κ1) is 12.6. The molecule has 0 spiro atoms. The predicted molar refractivity (Wildman–Crippen MR) is 75.2 cm³/mol. The Morgan fingerprint density at radius 2 is 1.89 bits per heavy atom. The number of para-hydroxylation sites is 1. The van der Waals surface area contributed by atoms with Gasteiger partial charge in [0.15, 0.2) is 0 Å². The zero-order valence-electron chi connectivity index (χ0n) is 11.1. The van der Waals surface area contributed by atoms with E-state index < -0.39 is 0 Å². The lowest BCUT2D eigenvalue weighted by atomic mass is 9.74. The number of rotatable bonds is 2. The highest BCUT2D eigenvalue weighted by molar-refractivity contribution is 5.94. The van der Waals surface area contributed by atoms with Crippen LogP contribution in [0.3, 0.4) is 0 Å². The summed E-state index contributed by atoms with van der Waals surface area (Å²) in [4.78, 5) is 12.3. The summed E-state index contributed by atoms with van der Waals surface area (Å²) < 4.78 is 0. The minimum Gasteiger partial charge on any atom is -0.326 e. The lowest BCUT2D eigenvalue weighted by Crippen LogP contribution is -2.34. The molecule has 0 bridgehead atoms. The largest absolute Gasteiger partial charge is 0.326 e. The van der Waals surface area contributed by atoms with E-state index in [0.29, 0.717) is 0 Å². The molecule has 1 aromatic rings. The maximum Gasteiger partial charge on any atom is 0.232 e. The van der Waals surface area contributed by atoms with E-state index in [9.17, 15) is 4.79 Å². The number of anilines is 1. The molecule has 0 saturated heterocycles. The molecule has 1 N–H and O–H groups in total. The molecule has 1 unspecified atom stereocenters. The van der Waals surface area contributed by atoms with Gasteiger partial charge in [-0.2, -0.15) is 0 Å². The van der Waals surface area contributed by atoms with Gasteiger partial charge in [0.25, 0.3) is 0 Å². The average molecular weight is 241 g/mol. The molecular formula is C16H19NO. The van der Waals surface area contributed by atoms with Gasteiger partial charge < -0.3 is 5.32 Å². The van der Waals surface area contributed by atoms with Crippen molar-refractivity contribution < 1.29 is 4.79 Å². The Kier molecular flexibility index (Phi) is 3.37. The number of carbonyl (C=O) groups is 1. The molecule has 0 heterocycles. The first-order valence-electron chi connectivity index (χ1n) is 6.22. The molecule has 0 fully saturated rings. The third-order valence-electron chi connectivity index (χ3n) is 3.33. The summed E-state index contributed by atoms with van der Waals surface area (Å²) in [6.07, 6.45) is 6.22. The fraction of sp³-hybridized carbons (Fsp3) is 0.312. The van der Waals surface area contributed by atoms with Crippen LogP contribution < -0.4 is 5.32 Å². The van der Waals surface area contributed by atoms with Gasteiger partial charge in [-0.3, -0.25) is 4.79 Å². The van der Waals surface area contributed by atoms with Crippen molar-refractivity contribution in [2.24, 2.45) is 11.3 Å². The van der Waals surface area contributed by atoms with Crippen molar-refractivity contribution in [2.75, 3.05) is 5.32 Å². The third-order valence-corrected chi connectivity index (χ3v) is 3.33. The summed E-state index contributed by atoms with van der Waals surface area (Å²) in [5.41, 5.74) is 1.85. The fourth-order valence-electron chi connectivity index (χ4n) is 2.14. The summed E-state index contributed by atoms with van der Waals surface area (Å²) in [6, 6.07) is 9.58. The smallest absolute Gasteiger partial charge is 0.232 e. The Morgan fingerprint density at radius 1 is 1.22 bits per heavy atom. The molecule has 2 rings (SSSR count). The molecule has 1 aromatic carbocycles. The van der Waals surface area contributed by atoms with Crippen LogP contribution in [0.15, 0.2) is 54.1 Å². The maximum absolute atomic E-state index is 12.3. The minimum atomic E-state index is -0.141. The molecule has 1 aliphatic rings. The van der Waals surface area contributed by atoms with Crippen molar-refractivity contribution in [1.82, 2.24) is 0 Å². The summed E-state index contributed by atoms with van der Waals surface area (Å²) in [5, 5.41) is 2.97. The number of amides is 1. The second-order valence-corrected chi connectivity index (χ2v) is 5.40. The number of carbonyl (C=O) groups excluding carboxylic acids is 1. The molecule has 0 saturated carbocycles. The molecule has 1 aliphatic carbocycles. The molecule has 2 heteroatoms. The highest BCUT2D eigenvalue weighted by Crippen LogP contribution is 2.35. The second-order valence-electron chi connectivity index (χ2n) is 5.40. The number of allylic oxidation sites excluding steroid dienone is 3. The van der Waals surface area contributed by atoms with Crippen LogP contribution in [0.5, 0.6) is 0 Å². The monoisotopic (exact) mass is 241 g/mol. The quantitative estimate of drug-likeness (QED) is 0.838. The van der Waals surface area contributed by atoms with Gasteiger partial charge in [0.1, 0.15) is 0 Å². The highest BCUT2D eigenvalue weighted by Gasteiger charge is 2.33. The van der Waals surface area contributed by atoms with E-state index in [1.165, 1.54) is 0 Å². The highest BCUT2D eigenvalue weighted by atomic mass is 16.1. The van der Waals surface area contributed by atoms with Crippen LogP contribution in [0.4, 0.5) is 5.69 Å². The zero-order chi connectivity index (χ0) is 13.2. The molecular weight excluding hydrogens is 222 g/mol. The lowest BCUT2D eigenvalue weighted by molar-refractivity contribution is -0.120. The van der Waals surface area contributed by atoms with E-state index in [1.54, 1.807) is 0 Å². The van der Waals surface area contributed by atoms with Crippen LogP contribution in [-0.2, 0) is 4.79 Å². The van der Waals surface area contributed by atoms with Gasteiger partial charge in [0.2, 0.25) is 5.91 Å². The van der Waals surface area contributed by atoms with Crippen molar-refractivity contribution in [3.8, 4) is 0 Å². The van der Waals surface area contributed by atoms with Gasteiger partial charge in [-0.05, 0) is 24.5 Å². The van der Waals surface area contributed by atoms with Crippen molar-refractivity contribution in [1.29, 1.82) is 0 Å². The van der Waals surface area contributed by atoms with Crippen molar-refractivity contribution in [3.63, 3.8) is 0 Å². The van der Waals surface area contributed by atoms with Crippen LogP contribution in [0.25, 0.3) is 0 Å². The van der Waals surface area contributed by atoms with Gasteiger partial charge in [0.05, 0.1) is 5.92 Å². The van der Waals surface area contributed by atoms with Crippen LogP contribution in [-0.4, -0.2) is 5.91 Å². The predicted octanol–water partition coefficient (Wildman–Crippen LogP) is 3.78. The van der Waals surface area contributed by atoms with E-state index in [-0.39, 0.29) is 17.2 Å². The van der Waals surface area contributed by atoms with Crippen molar-refractivity contribution in [2.45, 2.75) is 20.8 Å². The number of nitrogens with one attached hydrogen (secondary N) is 1. The average Bonchev–Trinajstić information content (AvgIpc) is 2.33. The summed E-state index contributed by atoms with van der Waals surface area (Å²) in [5.74, 6) is -0.0717. The topological polar surface area (TPSA) is 29.1 Å². The second kappa shape index (κ2) is 4.81. The Hall–Kier alpha value is -1.83. The first-order chi connectivity index (χ1) is 8.49. The van der Waals surface area contributed by atoms with Crippen LogP contribution in [0.1, 0.15) is 20.8 Å². The van der Waals surface area contributed by atoms with Gasteiger partial charge in [0, 0.05) is 5.69 Å². The SMILES string of the molecule is CC1=CC(C(=O)Nc2ccccc2)C(C)(C)C=C1. The van der Waals surface area contributed by atoms with Gasteiger partial charge in [-0.15, -0.1) is 0 Å². The number of hydrogen-bond donors (Lipinski definition) is 1. The maximum atomic E-state index is 12.3. The summed E-state index contributed by atoms with van der Waals surface area (Å²) >= 11 is 0. The van der Waals surface area contributed by atoms with E-state index in [2.05, 4.69) is 31.3 Å². The van der Waals surface area contributed by atoms with Crippen molar-refractivity contribution in [3.05, 3.63) is 54.1 Å². The number of benzene rings is 1. The molecule has 94 valence electrons. The fourth-order valence-corrected chi connectivity index (χ4v) is 2.14. The normalized spacial score (nSPS) is 21.3. The Bertz CT molecular complexity index is 497. The van der Waals surface area contributed by atoms with Gasteiger partial charge in [-0.25, -0.2) is 0 Å². The number of hydrogen-bond acceptors (Lipinski definition) is 1. The summed E-state index contributed by atoms with van der Waals surface area (Å²) in [6.45, 7) is 6.19. The molecule has 1 amide bonds. The van der Waals surface area contributed by atoms with E-state index in [4.69, 9.17) is 0 Å². The van der Waals surface area contributed by atoms with Gasteiger partial charge >= 0.3 is 0 Å². The molecule has 18 heavy (non-hydrogen) atoms. The Labute approximate surface area is 108 Å². The van der Waals surface area contributed by atoms with Gasteiger partial charge in [-0.1, -0.05) is 55.8 Å². The molecule has 0 radical (unpaired) electrons. The Morgan fingerprint density at radius 3 is 2.56 bits per heavy atom. The third kappa shape index (κ3) is 2.70.